The number of ether oxygens (including phenoxy) is 1. The predicted octanol–water partition coefficient (Wildman–Crippen LogP) is 2.42. The highest BCUT2D eigenvalue weighted by molar-refractivity contribution is 7.99. The van der Waals surface area contributed by atoms with E-state index in [2.05, 4.69) is 0 Å². The molecule has 0 radical (unpaired) electrons. The van der Waals surface area contributed by atoms with Crippen LogP contribution < -0.4 is 4.74 Å². The molecule has 0 aliphatic carbocycles. The molecule has 0 unspecified atom stereocenters. The molecule has 0 spiro atoms. The summed E-state index contributed by atoms with van der Waals surface area (Å²) in [7, 11) is 3.25. The van der Waals surface area contributed by atoms with Crippen LogP contribution in [0, 0.1) is 0 Å². The van der Waals surface area contributed by atoms with Gasteiger partial charge in [0.2, 0.25) is 0 Å². The molecular weight excluding hydrogens is 276 g/mol. The molecule has 5 nitrogen and oxygen atoms in total. The van der Waals surface area contributed by atoms with Crippen LogP contribution in [0.3, 0.4) is 0 Å². The van der Waals surface area contributed by atoms with E-state index in [-0.39, 0.29) is 17.8 Å². The van der Waals surface area contributed by atoms with Crippen molar-refractivity contribution in [2.75, 3.05) is 20.0 Å². The van der Waals surface area contributed by atoms with Crippen molar-refractivity contribution < 1.29 is 14.3 Å². The second-order valence-corrected chi connectivity index (χ2v) is 6.04. The molecule has 1 heterocycles. The Balaban J connectivity index is 2.12. The molecule has 2 rings (SSSR count). The molecule has 0 atom stereocenters. The number of urea groups is 1. The normalized spacial score (nSPS) is 17.8. The average Bonchev–Trinajstić information content (AvgIpc) is 2.59. The van der Waals surface area contributed by atoms with E-state index in [0.29, 0.717) is 0 Å². The summed E-state index contributed by atoms with van der Waals surface area (Å²) in [4.78, 5) is 28.0. The van der Waals surface area contributed by atoms with E-state index in [9.17, 15) is 9.59 Å². The van der Waals surface area contributed by atoms with Gasteiger partial charge in [0.1, 0.15) is 11.3 Å². The molecule has 0 N–H and O–H groups in total. The molecule has 1 aromatic rings. The molecule has 1 aliphatic rings. The SMILES string of the molecule is COc1ccccc1SCN1C(=O)N(C)C(C)(C)C1=O. The molecule has 6 heteroatoms. The molecule has 1 aromatic carbocycles. The number of likely N-dealkylation sites (N-methyl/N-ethyl adjacent to an activating group) is 1. The molecule has 108 valence electrons. The van der Waals surface area contributed by atoms with Gasteiger partial charge < -0.3 is 9.64 Å². The van der Waals surface area contributed by atoms with E-state index < -0.39 is 5.54 Å². The van der Waals surface area contributed by atoms with E-state index in [1.165, 1.54) is 21.6 Å². The summed E-state index contributed by atoms with van der Waals surface area (Å²) in [5.74, 6) is 0.850. The summed E-state index contributed by atoms with van der Waals surface area (Å²) in [5, 5.41) is 0. The molecule has 0 aromatic heterocycles. The van der Waals surface area contributed by atoms with Crippen LogP contribution in [0.2, 0.25) is 0 Å². The third-order valence-electron chi connectivity index (χ3n) is 3.54. The average molecular weight is 294 g/mol. The zero-order valence-electron chi connectivity index (χ0n) is 12.0. The van der Waals surface area contributed by atoms with Crippen LogP contribution >= 0.6 is 11.8 Å². The first-order valence-corrected chi connectivity index (χ1v) is 7.23. The smallest absolute Gasteiger partial charge is 0.328 e. The third-order valence-corrected chi connectivity index (χ3v) is 4.58. The Morgan fingerprint density at radius 3 is 2.45 bits per heavy atom. The zero-order chi connectivity index (χ0) is 14.9. The molecule has 20 heavy (non-hydrogen) atoms. The lowest BCUT2D eigenvalue weighted by atomic mass is 10.1. The van der Waals surface area contributed by atoms with Crippen LogP contribution in [0.5, 0.6) is 5.75 Å². The topological polar surface area (TPSA) is 49.9 Å². The van der Waals surface area contributed by atoms with Crippen molar-refractivity contribution in [3.8, 4) is 5.75 Å². The maximum absolute atomic E-state index is 12.2. The first-order chi connectivity index (χ1) is 9.39. The number of benzene rings is 1. The number of carbonyl (C=O) groups is 2. The van der Waals surface area contributed by atoms with Crippen molar-refractivity contribution in [1.82, 2.24) is 9.80 Å². The molecule has 0 saturated carbocycles. The number of methoxy groups -OCH3 is 1. The highest BCUT2D eigenvalue weighted by atomic mass is 32.2. The quantitative estimate of drug-likeness (QED) is 0.632. The summed E-state index contributed by atoms with van der Waals surface area (Å²) >= 11 is 1.41. The number of para-hydroxylation sites is 1. The Bertz CT molecular complexity index is 545. The first kappa shape index (κ1) is 14.7. The minimum atomic E-state index is -0.779. The van der Waals surface area contributed by atoms with Gasteiger partial charge in [-0.15, -0.1) is 0 Å². The predicted molar refractivity (Wildman–Crippen MR) is 77.8 cm³/mol. The fraction of sp³-hybridized carbons (Fsp3) is 0.429. The summed E-state index contributed by atoms with van der Waals surface area (Å²) in [5.41, 5.74) is -0.779. The van der Waals surface area contributed by atoms with Gasteiger partial charge in [-0.3, -0.25) is 9.69 Å². The van der Waals surface area contributed by atoms with Gasteiger partial charge in [0, 0.05) is 7.05 Å². The number of hydrogen-bond acceptors (Lipinski definition) is 4. The lowest BCUT2D eigenvalue weighted by Gasteiger charge is -2.22. The van der Waals surface area contributed by atoms with Crippen molar-refractivity contribution in [2.45, 2.75) is 24.3 Å². The second kappa shape index (κ2) is 5.36. The van der Waals surface area contributed by atoms with E-state index in [1.807, 2.05) is 24.3 Å². The lowest BCUT2D eigenvalue weighted by molar-refractivity contribution is -0.130. The lowest BCUT2D eigenvalue weighted by Crippen LogP contribution is -2.41. The van der Waals surface area contributed by atoms with Crippen molar-refractivity contribution in [3.05, 3.63) is 24.3 Å². The van der Waals surface area contributed by atoms with Crippen LogP contribution in [-0.4, -0.2) is 47.3 Å². The van der Waals surface area contributed by atoms with Gasteiger partial charge in [-0.2, -0.15) is 0 Å². The van der Waals surface area contributed by atoms with Crippen molar-refractivity contribution in [2.24, 2.45) is 0 Å². The maximum Gasteiger partial charge on any atom is 0.328 e. The highest BCUT2D eigenvalue weighted by Crippen LogP contribution is 2.32. The minimum Gasteiger partial charge on any atom is -0.496 e. The summed E-state index contributed by atoms with van der Waals surface area (Å²) < 4.78 is 5.26. The molecule has 3 amide bonds. The number of nitrogens with zero attached hydrogens (tertiary/aromatic N) is 2. The van der Waals surface area contributed by atoms with Crippen LogP contribution in [0.1, 0.15) is 13.8 Å². The van der Waals surface area contributed by atoms with Gasteiger partial charge in [-0.25, -0.2) is 4.79 Å². The number of imide groups is 1. The van der Waals surface area contributed by atoms with Gasteiger partial charge in [-0.1, -0.05) is 23.9 Å². The number of amides is 3. The Hall–Kier alpha value is -1.69. The fourth-order valence-corrected chi connectivity index (χ4v) is 2.93. The monoisotopic (exact) mass is 294 g/mol. The largest absolute Gasteiger partial charge is 0.496 e. The first-order valence-electron chi connectivity index (χ1n) is 6.25. The standard InChI is InChI=1S/C14H18N2O3S/c1-14(2)12(17)16(13(18)15(14)3)9-20-11-8-6-5-7-10(11)19-4/h5-8H,9H2,1-4H3. The summed E-state index contributed by atoms with van der Waals surface area (Å²) in [6.07, 6.45) is 0. The molecule has 1 aliphatic heterocycles. The Morgan fingerprint density at radius 2 is 1.90 bits per heavy atom. The van der Waals surface area contributed by atoms with Crippen molar-refractivity contribution in [3.63, 3.8) is 0 Å². The van der Waals surface area contributed by atoms with Crippen molar-refractivity contribution >= 4 is 23.7 Å². The fourth-order valence-electron chi connectivity index (χ4n) is 1.97. The van der Waals surface area contributed by atoms with Gasteiger partial charge in [0.15, 0.2) is 0 Å². The summed E-state index contributed by atoms with van der Waals surface area (Å²) in [6.45, 7) is 3.50. The van der Waals surface area contributed by atoms with Gasteiger partial charge >= 0.3 is 6.03 Å². The van der Waals surface area contributed by atoms with Crippen LogP contribution in [0.15, 0.2) is 29.2 Å². The van der Waals surface area contributed by atoms with Gasteiger partial charge in [-0.05, 0) is 26.0 Å². The van der Waals surface area contributed by atoms with E-state index in [4.69, 9.17) is 4.74 Å². The Labute approximate surface area is 122 Å². The molecule has 1 fully saturated rings. The van der Waals surface area contributed by atoms with Gasteiger partial charge in [0.05, 0.1) is 17.9 Å². The van der Waals surface area contributed by atoms with Crippen LogP contribution in [0.25, 0.3) is 0 Å². The molecule has 1 saturated heterocycles. The number of rotatable bonds is 4. The Kier molecular flexibility index (Phi) is 3.94. The molecular formula is C14H18N2O3S. The van der Waals surface area contributed by atoms with Crippen LogP contribution in [0.4, 0.5) is 4.79 Å². The van der Waals surface area contributed by atoms with E-state index >= 15 is 0 Å². The minimum absolute atomic E-state index is 0.174. The number of carbonyl (C=O) groups excluding carboxylic acids is 2. The van der Waals surface area contributed by atoms with E-state index in [1.54, 1.807) is 28.0 Å². The second-order valence-electron chi connectivity index (χ2n) is 5.06. The molecule has 0 bridgehead atoms. The summed E-state index contributed by atoms with van der Waals surface area (Å²) in [6, 6.07) is 7.28. The third kappa shape index (κ3) is 2.35. The van der Waals surface area contributed by atoms with E-state index in [0.717, 1.165) is 10.6 Å². The van der Waals surface area contributed by atoms with Crippen molar-refractivity contribution in [1.29, 1.82) is 0 Å². The van der Waals surface area contributed by atoms with Crippen LogP contribution in [-0.2, 0) is 4.79 Å². The van der Waals surface area contributed by atoms with Gasteiger partial charge in [0.25, 0.3) is 5.91 Å². The highest BCUT2D eigenvalue weighted by Gasteiger charge is 2.49. The maximum atomic E-state index is 12.2. The number of hydrogen-bond donors (Lipinski definition) is 0. The number of thioether (sulfide) groups is 1. The zero-order valence-corrected chi connectivity index (χ0v) is 12.9. The Morgan fingerprint density at radius 1 is 1.25 bits per heavy atom.